The number of rotatable bonds is 7. The summed E-state index contributed by atoms with van der Waals surface area (Å²) in [6.07, 6.45) is 7.97. The lowest BCUT2D eigenvalue weighted by atomic mass is 9.73. The number of nitrogens with zero attached hydrogens (tertiary/aromatic N) is 3. The molecule has 4 aliphatic rings. The number of likely N-dealkylation sites (tertiary alicyclic amines) is 1. The lowest BCUT2D eigenvalue weighted by molar-refractivity contribution is -0.149. The van der Waals surface area contributed by atoms with Crippen molar-refractivity contribution in [3.8, 4) is 5.75 Å². The van der Waals surface area contributed by atoms with Gasteiger partial charge in [-0.15, -0.1) is 0 Å². The summed E-state index contributed by atoms with van der Waals surface area (Å²) in [7, 11) is 1.58. The zero-order chi connectivity index (χ0) is 32.1. The van der Waals surface area contributed by atoms with E-state index in [0.29, 0.717) is 30.0 Å². The molecule has 3 aromatic carbocycles. The third-order valence-electron chi connectivity index (χ3n) is 10.0. The standard InChI is InChI=1S/C37H37N3O6/c1-3-36-20-10-22-38(26-14-8-5-9-15-26)33(42)30(36)31-34(43)40(29(24-41)25-12-6-4-7-13-25)32-35(44)39(23-11-21-37(31,32)46-36)27-16-18-28(45-2)19-17-27/h4-21,29-32,41H,3,22-24H2,1-2H3/t29-,30+,31+,32?,36-,37+/m1/s1. The molecule has 1 unspecified atom stereocenters. The maximum atomic E-state index is 15.0. The van der Waals surface area contributed by atoms with Crippen LogP contribution in [0.5, 0.6) is 5.75 Å². The van der Waals surface area contributed by atoms with Gasteiger partial charge in [0.2, 0.25) is 11.8 Å². The highest BCUT2D eigenvalue weighted by Crippen LogP contribution is 2.60. The molecule has 6 atom stereocenters. The molecule has 2 saturated heterocycles. The first-order valence-electron chi connectivity index (χ1n) is 15.7. The van der Waals surface area contributed by atoms with Crippen molar-refractivity contribution in [1.82, 2.24) is 4.90 Å². The van der Waals surface area contributed by atoms with Crippen molar-refractivity contribution in [2.45, 2.75) is 36.6 Å². The van der Waals surface area contributed by atoms with E-state index in [1.165, 1.54) is 4.90 Å². The molecule has 1 spiro atoms. The van der Waals surface area contributed by atoms with Gasteiger partial charge in [0, 0.05) is 24.5 Å². The molecule has 9 nitrogen and oxygen atoms in total. The van der Waals surface area contributed by atoms with Crippen LogP contribution in [0.2, 0.25) is 0 Å². The van der Waals surface area contributed by atoms with E-state index in [2.05, 4.69) is 0 Å². The number of hydrogen-bond donors (Lipinski definition) is 1. The van der Waals surface area contributed by atoms with E-state index in [0.717, 1.165) is 5.69 Å². The van der Waals surface area contributed by atoms with E-state index in [9.17, 15) is 14.7 Å². The van der Waals surface area contributed by atoms with E-state index in [1.54, 1.807) is 41.2 Å². The summed E-state index contributed by atoms with van der Waals surface area (Å²) in [5.41, 5.74) is -0.540. The number of ether oxygens (including phenoxy) is 2. The van der Waals surface area contributed by atoms with E-state index < -0.39 is 41.7 Å². The summed E-state index contributed by atoms with van der Waals surface area (Å²) >= 11 is 0. The Bertz CT molecular complexity index is 1690. The highest BCUT2D eigenvalue weighted by atomic mass is 16.5. The topological polar surface area (TPSA) is 99.6 Å². The maximum absolute atomic E-state index is 15.0. The highest BCUT2D eigenvalue weighted by Gasteiger charge is 2.76. The quantitative estimate of drug-likeness (QED) is 0.396. The van der Waals surface area contributed by atoms with E-state index in [1.807, 2.05) is 91.9 Å². The van der Waals surface area contributed by atoms with Crippen LogP contribution in [0.4, 0.5) is 11.4 Å². The molecular formula is C37H37N3O6. The van der Waals surface area contributed by atoms with Gasteiger partial charge >= 0.3 is 0 Å². The average Bonchev–Trinajstić information content (AvgIpc) is 3.38. The molecule has 2 fully saturated rings. The first-order valence-corrected chi connectivity index (χ1v) is 15.7. The average molecular weight is 620 g/mol. The van der Waals surface area contributed by atoms with Crippen LogP contribution in [-0.2, 0) is 19.1 Å². The number of benzene rings is 3. The van der Waals surface area contributed by atoms with Crippen molar-refractivity contribution < 1.29 is 29.0 Å². The number of methoxy groups -OCH3 is 1. The Balaban J connectivity index is 1.40. The Morgan fingerprint density at radius 3 is 2.04 bits per heavy atom. The summed E-state index contributed by atoms with van der Waals surface area (Å²) in [5, 5.41) is 10.8. The number of amides is 3. The van der Waals surface area contributed by atoms with Crippen LogP contribution >= 0.6 is 0 Å². The number of aliphatic hydroxyl groups is 1. The van der Waals surface area contributed by atoms with Crippen molar-refractivity contribution >= 4 is 29.1 Å². The van der Waals surface area contributed by atoms with E-state index in [4.69, 9.17) is 9.47 Å². The summed E-state index contributed by atoms with van der Waals surface area (Å²) in [6.45, 7) is 2.10. The van der Waals surface area contributed by atoms with Gasteiger partial charge in [0.25, 0.3) is 5.91 Å². The van der Waals surface area contributed by atoms with Crippen LogP contribution in [0.1, 0.15) is 24.9 Å². The van der Waals surface area contributed by atoms with Crippen molar-refractivity contribution in [3.63, 3.8) is 0 Å². The van der Waals surface area contributed by atoms with Crippen LogP contribution in [-0.4, -0.2) is 71.8 Å². The van der Waals surface area contributed by atoms with Crippen LogP contribution in [0.25, 0.3) is 0 Å². The summed E-state index contributed by atoms with van der Waals surface area (Å²) in [6, 6.07) is 23.8. The van der Waals surface area contributed by atoms with E-state index >= 15 is 4.79 Å². The molecule has 9 heteroatoms. The number of anilines is 2. The van der Waals surface area contributed by atoms with Gasteiger partial charge in [-0.1, -0.05) is 79.8 Å². The monoisotopic (exact) mass is 619 g/mol. The van der Waals surface area contributed by atoms with E-state index in [-0.39, 0.29) is 24.3 Å². The van der Waals surface area contributed by atoms with Crippen molar-refractivity contribution in [3.05, 3.63) is 115 Å². The Morgan fingerprint density at radius 1 is 0.804 bits per heavy atom. The number of hydrogen-bond acceptors (Lipinski definition) is 6. The van der Waals surface area contributed by atoms with Gasteiger partial charge in [-0.3, -0.25) is 14.4 Å². The fraction of sp³-hybridized carbons (Fsp3) is 0.324. The molecule has 4 aliphatic heterocycles. The molecule has 236 valence electrons. The molecule has 3 amide bonds. The lowest BCUT2D eigenvalue weighted by Crippen LogP contribution is -2.57. The third-order valence-corrected chi connectivity index (χ3v) is 10.0. The summed E-state index contributed by atoms with van der Waals surface area (Å²) < 4.78 is 12.5. The second kappa shape index (κ2) is 11.6. The highest BCUT2D eigenvalue weighted by molar-refractivity contribution is 6.07. The van der Waals surface area contributed by atoms with Crippen molar-refractivity contribution in [2.75, 3.05) is 36.6 Å². The summed E-state index contributed by atoms with van der Waals surface area (Å²) in [5.74, 6) is -2.23. The molecule has 7 rings (SSSR count). The second-order valence-corrected chi connectivity index (χ2v) is 12.2. The van der Waals surface area contributed by atoms with Gasteiger partial charge in [0.05, 0.1) is 37.2 Å². The smallest absolute Gasteiger partial charge is 0.253 e. The zero-order valence-corrected chi connectivity index (χ0v) is 25.9. The number of carbonyl (C=O) groups is 3. The Morgan fingerprint density at radius 2 is 1.41 bits per heavy atom. The van der Waals surface area contributed by atoms with Gasteiger partial charge < -0.3 is 29.3 Å². The SMILES string of the molecule is CC[C@@]12C=CCN(c3ccccc3)C(=O)[C@@H]1[C@H]1C(=O)N([C@H](CO)c3ccccc3)C3C(=O)N(c4ccc(OC)cc4)CC=C[C@@]31O2. The first-order chi connectivity index (χ1) is 22.4. The predicted molar refractivity (Wildman–Crippen MR) is 173 cm³/mol. The molecule has 3 aromatic rings. The Labute approximate surface area is 268 Å². The number of aliphatic hydroxyl groups excluding tert-OH is 1. The van der Waals surface area contributed by atoms with Crippen molar-refractivity contribution in [2.24, 2.45) is 11.8 Å². The predicted octanol–water partition coefficient (Wildman–Crippen LogP) is 4.30. The molecule has 0 bridgehead atoms. The van der Waals surface area contributed by atoms with Gasteiger partial charge in [-0.05, 0) is 48.4 Å². The maximum Gasteiger partial charge on any atom is 0.253 e. The molecule has 46 heavy (non-hydrogen) atoms. The van der Waals surface area contributed by atoms with Crippen LogP contribution in [0.15, 0.2) is 109 Å². The Kier molecular flexibility index (Phi) is 7.53. The lowest BCUT2D eigenvalue weighted by Gasteiger charge is -2.41. The zero-order valence-electron chi connectivity index (χ0n) is 25.9. The van der Waals surface area contributed by atoms with Gasteiger partial charge in [-0.2, -0.15) is 0 Å². The van der Waals surface area contributed by atoms with Crippen LogP contribution in [0.3, 0.4) is 0 Å². The minimum Gasteiger partial charge on any atom is -0.497 e. The number of para-hydroxylation sites is 1. The second-order valence-electron chi connectivity index (χ2n) is 12.2. The van der Waals surface area contributed by atoms with Crippen LogP contribution < -0.4 is 14.5 Å². The van der Waals surface area contributed by atoms with Gasteiger partial charge in [-0.25, -0.2) is 0 Å². The van der Waals surface area contributed by atoms with Crippen molar-refractivity contribution in [1.29, 1.82) is 0 Å². The Hall–Kier alpha value is -4.73. The minimum absolute atomic E-state index is 0.230. The third kappa shape index (κ3) is 4.40. The van der Waals surface area contributed by atoms with Gasteiger partial charge in [0.15, 0.2) is 0 Å². The van der Waals surface area contributed by atoms with Gasteiger partial charge in [0.1, 0.15) is 17.4 Å². The molecule has 0 saturated carbocycles. The van der Waals surface area contributed by atoms with Crippen LogP contribution in [0, 0.1) is 11.8 Å². The molecule has 0 radical (unpaired) electrons. The molecule has 0 aliphatic carbocycles. The normalized spacial score (nSPS) is 29.2. The number of carbonyl (C=O) groups excluding carboxylic acids is 3. The number of fused-ring (bicyclic) bond motifs is 2. The fourth-order valence-corrected chi connectivity index (χ4v) is 7.90. The minimum atomic E-state index is -1.46. The fourth-order valence-electron chi connectivity index (χ4n) is 7.90. The molecule has 4 heterocycles. The first kappa shape index (κ1) is 30.0. The molecule has 0 aromatic heterocycles. The molecule has 1 N–H and O–H groups in total. The summed E-state index contributed by atoms with van der Waals surface area (Å²) in [4.78, 5) is 49.5. The molecular weight excluding hydrogens is 582 g/mol. The largest absolute Gasteiger partial charge is 0.497 e.